The van der Waals surface area contributed by atoms with E-state index in [2.05, 4.69) is 17.2 Å². The molecule has 0 saturated carbocycles. The fourth-order valence-electron chi connectivity index (χ4n) is 4.60. The number of carbonyl (C=O) groups is 3. The van der Waals surface area contributed by atoms with Gasteiger partial charge in [0.15, 0.2) is 12.1 Å². The number of nitrogens with one attached hydrogen (secondary N) is 1. The number of rotatable bonds is 21. The fraction of sp³-hybridized carbons (Fsp3) is 0.786. The number of aliphatic hydroxyl groups excluding tert-OH is 1. The number of aliphatic imine (C=N–C) groups is 1. The second-order valence-electron chi connectivity index (χ2n) is 10.1. The molecule has 230 valence electrons. The standard InChI is InChI=1S/C28H50N4O8/c1-4-6-7-8-9-10-11-12-13-14-15-16-23(35)39-18-21(34)25(38-5-2)26-24(31-19(3)33)20(32-28(29)30)17-22(40-26)27(36)37/h21-22,25-26,34H,4-18H2,1-3H3,(H,31,33)(H,36,37)(H4,29,30,32)/t21-,22?,25?,26?/m0/s1. The number of aliphatic carboxylic acids is 1. The monoisotopic (exact) mass is 570 g/mol. The first-order valence-corrected chi connectivity index (χ1v) is 14.5. The number of carboxylic acids is 1. The van der Waals surface area contributed by atoms with E-state index >= 15 is 0 Å². The second kappa shape index (κ2) is 20.2. The number of carboxylic acid groups (broad SMARTS) is 1. The van der Waals surface area contributed by atoms with Gasteiger partial charge in [0.05, 0.1) is 11.4 Å². The van der Waals surface area contributed by atoms with E-state index in [4.69, 9.17) is 25.7 Å². The summed E-state index contributed by atoms with van der Waals surface area (Å²) in [5.74, 6) is -2.55. The predicted molar refractivity (Wildman–Crippen MR) is 151 cm³/mol. The molecule has 0 fully saturated rings. The van der Waals surface area contributed by atoms with Crippen molar-refractivity contribution in [1.82, 2.24) is 5.32 Å². The summed E-state index contributed by atoms with van der Waals surface area (Å²) in [6.07, 6.45) is 7.64. The summed E-state index contributed by atoms with van der Waals surface area (Å²) < 4.78 is 16.7. The molecule has 0 radical (unpaired) electrons. The lowest BCUT2D eigenvalue weighted by Crippen LogP contribution is -2.52. The van der Waals surface area contributed by atoms with Crippen molar-refractivity contribution in [2.75, 3.05) is 13.2 Å². The van der Waals surface area contributed by atoms with E-state index in [1.165, 1.54) is 51.9 Å². The third-order valence-electron chi connectivity index (χ3n) is 6.57. The van der Waals surface area contributed by atoms with E-state index in [1.807, 2.05) is 0 Å². The number of nitrogens with zero attached hydrogens (tertiary/aromatic N) is 1. The third kappa shape index (κ3) is 14.1. The summed E-state index contributed by atoms with van der Waals surface area (Å²) in [7, 11) is 0. The number of unbranched alkanes of at least 4 members (excludes halogenated alkanes) is 10. The highest BCUT2D eigenvalue weighted by Crippen LogP contribution is 2.30. The molecular formula is C28H50N4O8. The van der Waals surface area contributed by atoms with E-state index in [0.29, 0.717) is 6.42 Å². The Hall–Kier alpha value is -2.70. The van der Waals surface area contributed by atoms with Crippen molar-refractivity contribution >= 4 is 23.8 Å². The Morgan fingerprint density at radius 1 is 1.02 bits per heavy atom. The number of aliphatic hydroxyl groups is 1. The topological polar surface area (TPSA) is 196 Å². The normalized spacial score (nSPS) is 18.6. The van der Waals surface area contributed by atoms with Crippen LogP contribution in [-0.4, -0.2) is 71.6 Å². The molecule has 40 heavy (non-hydrogen) atoms. The first kappa shape index (κ1) is 35.3. The maximum Gasteiger partial charge on any atom is 0.333 e. The zero-order valence-corrected chi connectivity index (χ0v) is 24.4. The van der Waals surface area contributed by atoms with E-state index in [-0.39, 0.29) is 36.8 Å². The smallest absolute Gasteiger partial charge is 0.333 e. The number of guanidine groups is 1. The summed E-state index contributed by atoms with van der Waals surface area (Å²) >= 11 is 0. The van der Waals surface area contributed by atoms with Gasteiger partial charge < -0.3 is 41.2 Å². The van der Waals surface area contributed by atoms with Crippen LogP contribution in [0.15, 0.2) is 16.4 Å². The number of hydrogen-bond acceptors (Lipinski definition) is 8. The number of nitrogens with two attached hydrogens (primary N) is 2. The minimum atomic E-state index is -1.39. The second-order valence-corrected chi connectivity index (χ2v) is 10.1. The van der Waals surface area contributed by atoms with Gasteiger partial charge >= 0.3 is 11.9 Å². The molecule has 0 aromatic rings. The van der Waals surface area contributed by atoms with Crippen LogP contribution < -0.4 is 16.8 Å². The Bertz CT molecular complexity index is 844. The van der Waals surface area contributed by atoms with E-state index in [0.717, 1.165) is 19.3 Å². The lowest BCUT2D eigenvalue weighted by atomic mass is 9.97. The highest BCUT2D eigenvalue weighted by atomic mass is 16.6. The fourth-order valence-corrected chi connectivity index (χ4v) is 4.60. The molecule has 0 bridgehead atoms. The molecule has 1 amide bonds. The molecule has 1 heterocycles. The molecule has 1 aliphatic heterocycles. The maximum absolute atomic E-state index is 12.3. The molecule has 4 atom stereocenters. The van der Waals surface area contributed by atoms with Gasteiger partial charge in [-0.15, -0.1) is 0 Å². The van der Waals surface area contributed by atoms with Crippen molar-refractivity contribution < 1.29 is 38.8 Å². The highest BCUT2D eigenvalue weighted by Gasteiger charge is 2.42. The number of hydrogen-bond donors (Lipinski definition) is 5. The Morgan fingerprint density at radius 2 is 1.60 bits per heavy atom. The van der Waals surface area contributed by atoms with Crippen LogP contribution >= 0.6 is 0 Å². The van der Waals surface area contributed by atoms with Crippen molar-refractivity contribution in [3.63, 3.8) is 0 Å². The van der Waals surface area contributed by atoms with Crippen molar-refractivity contribution in [2.24, 2.45) is 16.5 Å². The van der Waals surface area contributed by atoms with Gasteiger partial charge in [-0.2, -0.15) is 0 Å². The van der Waals surface area contributed by atoms with Crippen molar-refractivity contribution in [2.45, 2.75) is 129 Å². The number of carbonyl (C=O) groups excluding carboxylic acids is 2. The summed E-state index contributed by atoms with van der Waals surface area (Å²) in [6.45, 7) is 4.87. The molecule has 12 heteroatoms. The lowest BCUT2D eigenvalue weighted by Gasteiger charge is -2.37. The molecule has 0 aromatic heterocycles. The first-order chi connectivity index (χ1) is 19.1. The van der Waals surface area contributed by atoms with Gasteiger partial charge in [0, 0.05) is 26.4 Å². The highest BCUT2D eigenvalue weighted by molar-refractivity contribution is 5.79. The van der Waals surface area contributed by atoms with Gasteiger partial charge in [-0.1, -0.05) is 71.1 Å². The van der Waals surface area contributed by atoms with Crippen LogP contribution in [0.25, 0.3) is 0 Å². The first-order valence-electron chi connectivity index (χ1n) is 14.5. The van der Waals surface area contributed by atoms with Crippen LogP contribution in [0, 0.1) is 0 Å². The van der Waals surface area contributed by atoms with Gasteiger partial charge in [0.1, 0.15) is 24.9 Å². The predicted octanol–water partition coefficient (Wildman–Crippen LogP) is 2.86. The van der Waals surface area contributed by atoms with Gasteiger partial charge in [0.25, 0.3) is 0 Å². The molecule has 0 aliphatic carbocycles. The molecular weight excluding hydrogens is 520 g/mol. The SMILES string of the molecule is CCCCCCCCCCCCCC(=O)OC[C@H](O)C(OCC)C1OC(C(=O)O)CC(N=C(N)N)=C1NC(C)=O. The van der Waals surface area contributed by atoms with Gasteiger partial charge in [-0.05, 0) is 13.3 Å². The zero-order chi connectivity index (χ0) is 29.9. The molecule has 0 spiro atoms. The van der Waals surface area contributed by atoms with Gasteiger partial charge in [-0.25, -0.2) is 9.79 Å². The number of esters is 1. The Kier molecular flexibility index (Phi) is 17.9. The van der Waals surface area contributed by atoms with Crippen molar-refractivity contribution in [3.05, 3.63) is 11.4 Å². The van der Waals surface area contributed by atoms with Crippen LogP contribution in [0.3, 0.4) is 0 Å². The van der Waals surface area contributed by atoms with E-state index in [1.54, 1.807) is 6.92 Å². The minimum absolute atomic E-state index is 0.0724. The summed E-state index contributed by atoms with van der Waals surface area (Å²) in [5, 5.41) is 23.1. The van der Waals surface area contributed by atoms with E-state index in [9.17, 15) is 24.6 Å². The maximum atomic E-state index is 12.3. The Balaban J connectivity index is 2.68. The molecule has 0 aromatic carbocycles. The van der Waals surface area contributed by atoms with Crippen LogP contribution in [0.2, 0.25) is 0 Å². The van der Waals surface area contributed by atoms with Crippen LogP contribution in [0.5, 0.6) is 0 Å². The summed E-state index contributed by atoms with van der Waals surface area (Å²) in [6, 6.07) is 0. The summed E-state index contributed by atoms with van der Waals surface area (Å²) in [4.78, 5) is 39.9. The largest absolute Gasteiger partial charge is 0.479 e. The van der Waals surface area contributed by atoms with Crippen LogP contribution in [-0.2, 0) is 28.6 Å². The molecule has 3 unspecified atom stereocenters. The molecule has 12 nitrogen and oxygen atoms in total. The molecule has 0 saturated heterocycles. The molecule has 1 rings (SSSR count). The van der Waals surface area contributed by atoms with Crippen molar-refractivity contribution in [1.29, 1.82) is 0 Å². The van der Waals surface area contributed by atoms with Crippen molar-refractivity contribution in [3.8, 4) is 0 Å². The average molecular weight is 571 g/mol. The van der Waals surface area contributed by atoms with Crippen LogP contribution in [0.4, 0.5) is 0 Å². The van der Waals surface area contributed by atoms with Gasteiger partial charge in [-0.3, -0.25) is 9.59 Å². The minimum Gasteiger partial charge on any atom is -0.479 e. The third-order valence-corrected chi connectivity index (χ3v) is 6.57. The zero-order valence-electron chi connectivity index (χ0n) is 24.4. The quantitative estimate of drug-likeness (QED) is 0.0592. The average Bonchev–Trinajstić information content (AvgIpc) is 2.89. The van der Waals surface area contributed by atoms with E-state index < -0.39 is 48.9 Å². The molecule has 7 N–H and O–H groups in total. The Labute approximate surface area is 237 Å². The number of amides is 1. The lowest BCUT2D eigenvalue weighted by molar-refractivity contribution is -0.173. The number of ether oxygens (including phenoxy) is 3. The summed E-state index contributed by atoms with van der Waals surface area (Å²) in [5.41, 5.74) is 11.2. The van der Waals surface area contributed by atoms with Crippen LogP contribution in [0.1, 0.15) is 104 Å². The Morgan fingerprint density at radius 3 is 2.10 bits per heavy atom. The molecule has 1 aliphatic rings. The van der Waals surface area contributed by atoms with Gasteiger partial charge in [0.2, 0.25) is 5.91 Å².